The lowest BCUT2D eigenvalue weighted by atomic mass is 9.96. The van der Waals surface area contributed by atoms with Crippen molar-refractivity contribution >= 4 is 12.0 Å². The minimum absolute atomic E-state index is 0.0459. The van der Waals surface area contributed by atoms with E-state index in [1.54, 1.807) is 4.90 Å². The van der Waals surface area contributed by atoms with Crippen molar-refractivity contribution in [2.75, 3.05) is 19.7 Å². The molecule has 1 N–H and O–H groups in total. The van der Waals surface area contributed by atoms with E-state index in [1.807, 2.05) is 13.1 Å². The van der Waals surface area contributed by atoms with Gasteiger partial charge in [-0.2, -0.15) is 0 Å². The number of esters is 1. The number of hydrogen-bond donors (Lipinski definition) is 1. The van der Waals surface area contributed by atoms with Gasteiger partial charge in [0, 0.05) is 19.3 Å². The molecule has 21 heavy (non-hydrogen) atoms. The summed E-state index contributed by atoms with van der Waals surface area (Å²) < 4.78 is 5.04. The number of urea groups is 1. The quantitative estimate of drug-likeness (QED) is 0.814. The summed E-state index contributed by atoms with van der Waals surface area (Å²) >= 11 is 0. The second-order valence-electron chi connectivity index (χ2n) is 5.83. The Morgan fingerprint density at radius 2 is 1.90 bits per heavy atom. The van der Waals surface area contributed by atoms with Crippen molar-refractivity contribution in [2.45, 2.75) is 51.9 Å². The molecule has 1 saturated heterocycles. The Morgan fingerprint density at radius 3 is 2.52 bits per heavy atom. The standard InChI is InChI=1S/C16H26N2O3/c1-2-21-15(19)14-8-10-18(11-9-14)16(20)17-12-13-6-4-3-5-7-13/h12,14H,2-11H2,1H3,(H,17,20). The number of amides is 2. The molecule has 0 bridgehead atoms. The second-order valence-corrected chi connectivity index (χ2v) is 5.83. The van der Waals surface area contributed by atoms with Crippen LogP contribution in [0.4, 0.5) is 4.79 Å². The van der Waals surface area contributed by atoms with E-state index in [1.165, 1.54) is 24.8 Å². The maximum absolute atomic E-state index is 12.1. The molecule has 0 aromatic heterocycles. The Morgan fingerprint density at radius 1 is 1.24 bits per heavy atom. The molecule has 0 aromatic carbocycles. The fraction of sp³-hybridized carbons (Fsp3) is 0.750. The minimum Gasteiger partial charge on any atom is -0.466 e. The van der Waals surface area contributed by atoms with E-state index in [0.29, 0.717) is 32.5 Å². The predicted octanol–water partition coefficient (Wildman–Crippen LogP) is 2.82. The summed E-state index contributed by atoms with van der Waals surface area (Å²) in [6.45, 7) is 3.49. The van der Waals surface area contributed by atoms with Gasteiger partial charge in [0.05, 0.1) is 12.5 Å². The first-order valence-corrected chi connectivity index (χ1v) is 8.10. The van der Waals surface area contributed by atoms with Crippen molar-refractivity contribution in [3.63, 3.8) is 0 Å². The monoisotopic (exact) mass is 294 g/mol. The fourth-order valence-corrected chi connectivity index (χ4v) is 2.98. The summed E-state index contributed by atoms with van der Waals surface area (Å²) in [5.74, 6) is -0.174. The van der Waals surface area contributed by atoms with Crippen LogP contribution in [0.1, 0.15) is 51.9 Å². The largest absolute Gasteiger partial charge is 0.466 e. The van der Waals surface area contributed by atoms with Crippen LogP contribution >= 0.6 is 0 Å². The van der Waals surface area contributed by atoms with Crippen LogP contribution in [-0.2, 0) is 9.53 Å². The Labute approximate surface area is 126 Å². The summed E-state index contributed by atoms with van der Waals surface area (Å²) in [7, 11) is 0. The van der Waals surface area contributed by atoms with Gasteiger partial charge in [-0.25, -0.2) is 4.79 Å². The van der Waals surface area contributed by atoms with Crippen molar-refractivity contribution in [1.82, 2.24) is 10.2 Å². The summed E-state index contributed by atoms with van der Waals surface area (Å²) in [5, 5.41) is 2.90. The van der Waals surface area contributed by atoms with E-state index in [0.717, 1.165) is 12.8 Å². The van der Waals surface area contributed by atoms with Gasteiger partial charge in [0.1, 0.15) is 0 Å². The van der Waals surface area contributed by atoms with Crippen LogP contribution in [-0.4, -0.2) is 36.6 Å². The second kappa shape index (κ2) is 8.05. The van der Waals surface area contributed by atoms with Gasteiger partial charge in [0.25, 0.3) is 0 Å². The van der Waals surface area contributed by atoms with Gasteiger partial charge in [0.2, 0.25) is 0 Å². The van der Waals surface area contributed by atoms with Gasteiger partial charge in [-0.15, -0.1) is 0 Å². The lowest BCUT2D eigenvalue weighted by Gasteiger charge is -2.30. The Kier molecular flexibility index (Phi) is 6.08. The Balaban J connectivity index is 1.73. The van der Waals surface area contributed by atoms with Gasteiger partial charge < -0.3 is 15.0 Å². The third kappa shape index (κ3) is 4.76. The normalized spacial score (nSPS) is 20.0. The zero-order valence-electron chi connectivity index (χ0n) is 12.9. The van der Waals surface area contributed by atoms with E-state index < -0.39 is 0 Å². The van der Waals surface area contributed by atoms with E-state index in [9.17, 15) is 9.59 Å². The lowest BCUT2D eigenvalue weighted by Crippen LogP contribution is -2.44. The zero-order chi connectivity index (χ0) is 15.1. The number of nitrogens with one attached hydrogen (secondary N) is 1. The molecule has 2 rings (SSSR count). The van der Waals surface area contributed by atoms with Gasteiger partial charge in [0.15, 0.2) is 0 Å². The van der Waals surface area contributed by atoms with Crippen molar-refractivity contribution < 1.29 is 14.3 Å². The van der Waals surface area contributed by atoms with Crippen LogP contribution in [0.5, 0.6) is 0 Å². The average Bonchev–Trinajstić information content (AvgIpc) is 2.54. The highest BCUT2D eigenvalue weighted by molar-refractivity contribution is 5.76. The third-order valence-corrected chi connectivity index (χ3v) is 4.30. The van der Waals surface area contributed by atoms with E-state index >= 15 is 0 Å². The molecule has 0 unspecified atom stereocenters. The zero-order valence-corrected chi connectivity index (χ0v) is 12.9. The van der Waals surface area contributed by atoms with Crippen LogP contribution in [0.15, 0.2) is 11.8 Å². The first kappa shape index (κ1) is 15.9. The summed E-state index contributed by atoms with van der Waals surface area (Å²) in [6, 6.07) is -0.0459. The summed E-state index contributed by atoms with van der Waals surface area (Å²) in [5.41, 5.74) is 1.34. The molecule has 0 aromatic rings. The minimum atomic E-state index is -0.123. The summed E-state index contributed by atoms with van der Waals surface area (Å²) in [4.78, 5) is 25.5. The number of ether oxygens (including phenoxy) is 1. The predicted molar refractivity (Wildman–Crippen MR) is 80.6 cm³/mol. The molecule has 2 fully saturated rings. The molecule has 0 radical (unpaired) electrons. The maximum Gasteiger partial charge on any atom is 0.321 e. The fourth-order valence-electron chi connectivity index (χ4n) is 2.98. The van der Waals surface area contributed by atoms with Crippen LogP contribution in [0.3, 0.4) is 0 Å². The maximum atomic E-state index is 12.1. The number of nitrogens with zero attached hydrogens (tertiary/aromatic N) is 1. The van der Waals surface area contributed by atoms with Crippen molar-refractivity contribution in [3.05, 3.63) is 11.8 Å². The molecule has 2 aliphatic rings. The highest BCUT2D eigenvalue weighted by Gasteiger charge is 2.27. The number of allylic oxidation sites excluding steroid dienone is 1. The topological polar surface area (TPSA) is 58.6 Å². The number of likely N-dealkylation sites (tertiary alicyclic amines) is 1. The van der Waals surface area contributed by atoms with Gasteiger partial charge in [-0.05, 0) is 45.4 Å². The third-order valence-electron chi connectivity index (χ3n) is 4.30. The van der Waals surface area contributed by atoms with E-state index in [4.69, 9.17) is 4.74 Å². The van der Waals surface area contributed by atoms with Crippen molar-refractivity contribution in [1.29, 1.82) is 0 Å². The molecule has 1 heterocycles. The van der Waals surface area contributed by atoms with Crippen molar-refractivity contribution in [3.8, 4) is 0 Å². The van der Waals surface area contributed by atoms with Gasteiger partial charge >= 0.3 is 12.0 Å². The molecule has 0 atom stereocenters. The first-order chi connectivity index (χ1) is 10.2. The number of rotatable bonds is 3. The SMILES string of the molecule is CCOC(=O)C1CCN(C(=O)NC=C2CCCCC2)CC1. The number of piperidine rings is 1. The van der Waals surface area contributed by atoms with E-state index in [2.05, 4.69) is 5.32 Å². The van der Waals surface area contributed by atoms with Crippen LogP contribution in [0.25, 0.3) is 0 Å². The average molecular weight is 294 g/mol. The molecule has 1 aliphatic heterocycles. The molecule has 1 aliphatic carbocycles. The van der Waals surface area contributed by atoms with Gasteiger partial charge in [-0.3, -0.25) is 4.79 Å². The molecule has 5 heteroatoms. The molecule has 1 saturated carbocycles. The highest BCUT2D eigenvalue weighted by atomic mass is 16.5. The molecule has 5 nitrogen and oxygen atoms in total. The van der Waals surface area contributed by atoms with E-state index in [-0.39, 0.29) is 17.9 Å². The Hall–Kier alpha value is -1.52. The lowest BCUT2D eigenvalue weighted by molar-refractivity contribution is -0.149. The van der Waals surface area contributed by atoms with Gasteiger partial charge in [-0.1, -0.05) is 12.0 Å². The molecular weight excluding hydrogens is 268 g/mol. The number of carbonyl (C=O) groups excluding carboxylic acids is 2. The molecule has 2 amide bonds. The van der Waals surface area contributed by atoms with Crippen LogP contribution in [0, 0.1) is 5.92 Å². The highest BCUT2D eigenvalue weighted by Crippen LogP contribution is 2.22. The molecule has 0 spiro atoms. The number of carbonyl (C=O) groups is 2. The molecule has 118 valence electrons. The Bertz CT molecular complexity index is 390. The van der Waals surface area contributed by atoms with Crippen LogP contribution in [0.2, 0.25) is 0 Å². The summed E-state index contributed by atoms with van der Waals surface area (Å²) in [6.07, 6.45) is 9.24. The smallest absolute Gasteiger partial charge is 0.321 e. The first-order valence-electron chi connectivity index (χ1n) is 8.10. The molecular formula is C16H26N2O3. The van der Waals surface area contributed by atoms with Crippen LogP contribution < -0.4 is 5.32 Å². The number of hydrogen-bond acceptors (Lipinski definition) is 3. The van der Waals surface area contributed by atoms with Crippen molar-refractivity contribution in [2.24, 2.45) is 5.92 Å².